The molecular formula is C23H30FN5O2. The molecule has 2 heterocycles. The van der Waals surface area contributed by atoms with E-state index in [4.69, 9.17) is 0 Å². The summed E-state index contributed by atoms with van der Waals surface area (Å²) in [6.07, 6.45) is 5.25. The molecule has 1 saturated heterocycles. The molecule has 1 aliphatic carbocycles. The fourth-order valence-electron chi connectivity index (χ4n) is 4.40. The Morgan fingerprint density at radius 2 is 1.74 bits per heavy atom. The van der Waals surface area contributed by atoms with Gasteiger partial charge in [-0.3, -0.25) is 19.2 Å². The Morgan fingerprint density at radius 3 is 2.42 bits per heavy atom. The first-order valence-electron chi connectivity index (χ1n) is 11.1. The second-order valence-corrected chi connectivity index (χ2v) is 8.56. The first-order valence-corrected chi connectivity index (χ1v) is 11.1. The zero-order chi connectivity index (χ0) is 21.8. The Hall–Kier alpha value is -2.74. The van der Waals surface area contributed by atoms with Crippen LogP contribution >= 0.6 is 0 Å². The second kappa shape index (κ2) is 9.60. The molecule has 2 aliphatic rings. The van der Waals surface area contributed by atoms with Gasteiger partial charge in [0.2, 0.25) is 5.91 Å². The average molecular weight is 428 g/mol. The van der Waals surface area contributed by atoms with Crippen molar-refractivity contribution in [1.82, 2.24) is 19.6 Å². The Bertz CT molecular complexity index is 913. The molecule has 0 spiro atoms. The lowest BCUT2D eigenvalue weighted by Gasteiger charge is -2.34. The summed E-state index contributed by atoms with van der Waals surface area (Å²) in [5.74, 6) is 0.293. The number of hydrogen-bond acceptors (Lipinski definition) is 4. The monoisotopic (exact) mass is 427 g/mol. The van der Waals surface area contributed by atoms with Gasteiger partial charge >= 0.3 is 0 Å². The molecule has 0 unspecified atom stereocenters. The van der Waals surface area contributed by atoms with Crippen LogP contribution in [0, 0.1) is 11.7 Å². The third-order valence-corrected chi connectivity index (χ3v) is 6.31. The number of nitrogens with zero attached hydrogens (tertiary/aromatic N) is 4. The number of hydrogen-bond donors (Lipinski definition) is 1. The number of benzene rings is 1. The van der Waals surface area contributed by atoms with E-state index in [1.54, 1.807) is 34.8 Å². The molecule has 31 heavy (non-hydrogen) atoms. The number of aryl methyl sites for hydroxylation is 1. The minimum Gasteiger partial charge on any atom is -0.335 e. The fourth-order valence-corrected chi connectivity index (χ4v) is 4.40. The third-order valence-electron chi connectivity index (χ3n) is 6.31. The van der Waals surface area contributed by atoms with Gasteiger partial charge in [-0.2, -0.15) is 5.10 Å². The van der Waals surface area contributed by atoms with Gasteiger partial charge in [-0.15, -0.1) is 0 Å². The molecule has 2 aromatic rings. The van der Waals surface area contributed by atoms with E-state index < -0.39 is 0 Å². The van der Waals surface area contributed by atoms with Crippen LogP contribution in [0.15, 0.2) is 30.3 Å². The molecule has 8 heteroatoms. The van der Waals surface area contributed by atoms with Crippen molar-refractivity contribution in [2.75, 3.05) is 31.5 Å². The number of carbonyl (C=O) groups is 2. The lowest BCUT2D eigenvalue weighted by Crippen LogP contribution is -2.48. The van der Waals surface area contributed by atoms with Crippen molar-refractivity contribution in [1.29, 1.82) is 0 Å². The Labute approximate surface area is 182 Å². The fraction of sp³-hybridized carbons (Fsp3) is 0.522. The van der Waals surface area contributed by atoms with Crippen molar-refractivity contribution in [3.8, 4) is 0 Å². The highest BCUT2D eigenvalue weighted by Crippen LogP contribution is 2.25. The van der Waals surface area contributed by atoms with Gasteiger partial charge in [-0.1, -0.05) is 31.4 Å². The van der Waals surface area contributed by atoms with E-state index in [2.05, 4.69) is 15.3 Å². The molecule has 1 aromatic carbocycles. The zero-order valence-electron chi connectivity index (χ0n) is 18.0. The smallest absolute Gasteiger partial charge is 0.274 e. The highest BCUT2D eigenvalue weighted by atomic mass is 19.1. The van der Waals surface area contributed by atoms with Crippen molar-refractivity contribution in [2.24, 2.45) is 13.0 Å². The normalized spacial score (nSPS) is 18.2. The van der Waals surface area contributed by atoms with Gasteiger partial charge in [0, 0.05) is 51.8 Å². The van der Waals surface area contributed by atoms with E-state index in [0.717, 1.165) is 50.9 Å². The van der Waals surface area contributed by atoms with Gasteiger partial charge in [0.05, 0.1) is 0 Å². The number of halogens is 1. The molecule has 1 N–H and O–H groups in total. The predicted octanol–water partition coefficient (Wildman–Crippen LogP) is 3.04. The molecule has 0 bridgehead atoms. The van der Waals surface area contributed by atoms with E-state index in [-0.39, 0.29) is 23.5 Å². The summed E-state index contributed by atoms with van der Waals surface area (Å²) in [5.41, 5.74) is 1.41. The summed E-state index contributed by atoms with van der Waals surface area (Å²) in [6.45, 7) is 3.46. The maximum Gasteiger partial charge on any atom is 0.274 e. The molecular weight excluding hydrogens is 397 g/mol. The number of nitrogens with one attached hydrogen (secondary N) is 1. The standard InChI is InChI=1S/C23H30FN5O2/c1-27-21(25-22(30)18-5-3-2-4-6-18)15-20(26-27)23(31)29-13-11-28(12-14-29)16-17-7-9-19(24)10-8-17/h7-10,15,18H,2-6,11-14,16H2,1H3,(H,25,30). The van der Waals surface area contributed by atoms with Gasteiger partial charge in [-0.25, -0.2) is 4.39 Å². The molecule has 0 atom stereocenters. The van der Waals surface area contributed by atoms with Crippen LogP contribution in [-0.4, -0.2) is 57.6 Å². The molecule has 7 nitrogen and oxygen atoms in total. The summed E-state index contributed by atoms with van der Waals surface area (Å²) >= 11 is 0. The van der Waals surface area contributed by atoms with Crippen LogP contribution in [0.1, 0.15) is 48.2 Å². The van der Waals surface area contributed by atoms with Gasteiger partial charge in [0.25, 0.3) is 5.91 Å². The number of aromatic nitrogens is 2. The molecule has 2 fully saturated rings. The zero-order valence-corrected chi connectivity index (χ0v) is 18.0. The van der Waals surface area contributed by atoms with E-state index in [0.29, 0.717) is 24.6 Å². The van der Waals surface area contributed by atoms with Gasteiger partial charge in [0.1, 0.15) is 11.6 Å². The Morgan fingerprint density at radius 1 is 1.06 bits per heavy atom. The van der Waals surface area contributed by atoms with E-state index in [1.165, 1.54) is 18.6 Å². The molecule has 2 amide bonds. The maximum atomic E-state index is 13.1. The summed E-state index contributed by atoms with van der Waals surface area (Å²) in [7, 11) is 1.74. The summed E-state index contributed by atoms with van der Waals surface area (Å²) in [5, 5.41) is 7.29. The first kappa shape index (κ1) is 21.5. The second-order valence-electron chi connectivity index (χ2n) is 8.56. The van der Waals surface area contributed by atoms with Crippen molar-refractivity contribution in [3.05, 3.63) is 47.4 Å². The topological polar surface area (TPSA) is 70.5 Å². The van der Waals surface area contributed by atoms with Gasteiger partial charge < -0.3 is 10.2 Å². The Kier molecular flexibility index (Phi) is 6.65. The summed E-state index contributed by atoms with van der Waals surface area (Å²) < 4.78 is 14.6. The van der Waals surface area contributed by atoms with Crippen LogP contribution in [0.4, 0.5) is 10.2 Å². The third kappa shape index (κ3) is 5.31. The number of piperazine rings is 1. The molecule has 1 saturated carbocycles. The van der Waals surface area contributed by atoms with Gasteiger partial charge in [0.15, 0.2) is 5.69 Å². The molecule has 166 valence electrons. The lowest BCUT2D eigenvalue weighted by atomic mass is 9.89. The van der Waals surface area contributed by atoms with Crippen molar-refractivity contribution in [2.45, 2.75) is 38.6 Å². The number of amides is 2. The Balaban J connectivity index is 1.31. The highest BCUT2D eigenvalue weighted by molar-refractivity contribution is 5.96. The summed E-state index contributed by atoms with van der Waals surface area (Å²) in [4.78, 5) is 29.5. The van der Waals surface area contributed by atoms with Crippen LogP contribution in [0.2, 0.25) is 0 Å². The molecule has 1 aromatic heterocycles. The van der Waals surface area contributed by atoms with Crippen molar-refractivity contribution in [3.63, 3.8) is 0 Å². The average Bonchev–Trinajstić information content (AvgIpc) is 3.16. The van der Waals surface area contributed by atoms with Crippen LogP contribution in [-0.2, 0) is 18.4 Å². The van der Waals surface area contributed by atoms with Crippen LogP contribution in [0.3, 0.4) is 0 Å². The first-order chi connectivity index (χ1) is 15.0. The minimum atomic E-state index is -0.233. The van der Waals surface area contributed by atoms with Crippen molar-refractivity contribution < 1.29 is 14.0 Å². The molecule has 4 rings (SSSR count). The van der Waals surface area contributed by atoms with E-state index >= 15 is 0 Å². The van der Waals surface area contributed by atoms with E-state index in [1.807, 2.05) is 0 Å². The maximum absolute atomic E-state index is 13.1. The lowest BCUT2D eigenvalue weighted by molar-refractivity contribution is -0.120. The van der Waals surface area contributed by atoms with Gasteiger partial charge in [-0.05, 0) is 30.5 Å². The van der Waals surface area contributed by atoms with Crippen LogP contribution in [0.5, 0.6) is 0 Å². The van der Waals surface area contributed by atoms with Crippen molar-refractivity contribution >= 4 is 17.6 Å². The largest absolute Gasteiger partial charge is 0.335 e. The molecule has 0 radical (unpaired) electrons. The predicted molar refractivity (Wildman–Crippen MR) is 116 cm³/mol. The van der Waals surface area contributed by atoms with Crippen LogP contribution < -0.4 is 5.32 Å². The summed E-state index contributed by atoms with van der Waals surface area (Å²) in [6, 6.07) is 8.21. The SMILES string of the molecule is Cn1nc(C(=O)N2CCN(Cc3ccc(F)cc3)CC2)cc1NC(=O)C1CCCCC1. The number of anilines is 1. The minimum absolute atomic E-state index is 0.0242. The quantitative estimate of drug-likeness (QED) is 0.796. The number of carbonyl (C=O) groups excluding carboxylic acids is 2. The highest BCUT2D eigenvalue weighted by Gasteiger charge is 2.26. The molecule has 1 aliphatic heterocycles. The van der Waals surface area contributed by atoms with Crippen LogP contribution in [0.25, 0.3) is 0 Å². The number of rotatable bonds is 5. The van der Waals surface area contributed by atoms with E-state index in [9.17, 15) is 14.0 Å².